The quantitative estimate of drug-likeness (QED) is 0.0908. The molecule has 0 spiro atoms. The van der Waals surface area contributed by atoms with Crippen LogP contribution in [0.4, 0.5) is 0 Å². The minimum atomic E-state index is -1.22. The van der Waals surface area contributed by atoms with Gasteiger partial charge in [-0.05, 0) is 69.2 Å². The van der Waals surface area contributed by atoms with Gasteiger partial charge >= 0.3 is 5.97 Å². The summed E-state index contributed by atoms with van der Waals surface area (Å²) in [4.78, 5) is 75.5. The minimum absolute atomic E-state index is 0.0708. The number of carboxylic acid groups (broad SMARTS) is 1. The van der Waals surface area contributed by atoms with Crippen LogP contribution in [0, 0.1) is 0 Å². The van der Waals surface area contributed by atoms with Crippen LogP contribution in [-0.2, 0) is 35.2 Å². The summed E-state index contributed by atoms with van der Waals surface area (Å²) < 4.78 is 0. The molecule has 15 heteroatoms. The van der Waals surface area contributed by atoms with Gasteiger partial charge in [-0.1, -0.05) is 12.1 Å². The Labute approximate surface area is 243 Å². The standard InChI is InChI=1S/C27H41N7O8/c28-12-2-1-4-19(33-24(38)18(29)14-16-6-8-17(35)9-7-16)25(39)31-15-23(37)32-20(10-11-22(30)36)26(40)34-13-3-5-21(34)27(41)42/h6-9,18-21,35H,1-5,10-15,28-29H2,(H2,30,36)(H,31,39)(H,32,37)(H,33,38)(H,41,42)/t18-,19-,20-,21-/m0/s1. The highest BCUT2D eigenvalue weighted by Crippen LogP contribution is 2.19. The first-order chi connectivity index (χ1) is 19.9. The van der Waals surface area contributed by atoms with Crippen molar-refractivity contribution in [3.05, 3.63) is 29.8 Å². The van der Waals surface area contributed by atoms with Crippen LogP contribution in [0.2, 0.25) is 0 Å². The minimum Gasteiger partial charge on any atom is -0.508 e. The topological polar surface area (TPSA) is 260 Å². The molecular weight excluding hydrogens is 550 g/mol. The van der Waals surface area contributed by atoms with Crippen molar-refractivity contribution in [1.29, 1.82) is 0 Å². The van der Waals surface area contributed by atoms with Crippen LogP contribution >= 0.6 is 0 Å². The van der Waals surface area contributed by atoms with Gasteiger partial charge in [0.05, 0.1) is 12.6 Å². The molecule has 0 radical (unpaired) electrons. The SMILES string of the molecule is NCCCC[C@H](NC(=O)[C@@H](N)Cc1ccc(O)cc1)C(=O)NCC(=O)N[C@@H](CCC(N)=O)C(=O)N1CCC[C@H]1C(=O)O. The number of rotatable bonds is 17. The third-order valence-electron chi connectivity index (χ3n) is 6.87. The molecule has 2 rings (SSSR count). The van der Waals surface area contributed by atoms with Crippen molar-refractivity contribution in [2.75, 3.05) is 19.6 Å². The number of hydrogen-bond donors (Lipinski definition) is 8. The number of carbonyl (C=O) groups is 6. The fourth-order valence-electron chi connectivity index (χ4n) is 4.59. The van der Waals surface area contributed by atoms with Gasteiger partial charge in [-0.15, -0.1) is 0 Å². The van der Waals surface area contributed by atoms with Gasteiger partial charge in [-0.3, -0.25) is 24.0 Å². The molecule has 0 aliphatic carbocycles. The van der Waals surface area contributed by atoms with E-state index in [1.54, 1.807) is 12.1 Å². The molecule has 232 valence electrons. The van der Waals surface area contributed by atoms with E-state index in [0.717, 1.165) is 4.90 Å². The number of amides is 5. The molecule has 1 fully saturated rings. The molecule has 11 N–H and O–H groups in total. The van der Waals surface area contributed by atoms with Gasteiger partial charge in [-0.2, -0.15) is 0 Å². The number of nitrogens with zero attached hydrogens (tertiary/aromatic N) is 1. The van der Waals surface area contributed by atoms with Crippen LogP contribution in [0.3, 0.4) is 0 Å². The first-order valence-electron chi connectivity index (χ1n) is 13.9. The molecule has 0 saturated carbocycles. The van der Waals surface area contributed by atoms with Crippen molar-refractivity contribution >= 4 is 35.5 Å². The number of likely N-dealkylation sites (tertiary alicyclic amines) is 1. The van der Waals surface area contributed by atoms with E-state index in [1.807, 2.05) is 0 Å². The second kappa shape index (κ2) is 16.9. The maximum absolute atomic E-state index is 13.1. The third-order valence-corrected chi connectivity index (χ3v) is 6.87. The lowest BCUT2D eigenvalue weighted by atomic mass is 10.0. The molecule has 0 bridgehead atoms. The molecule has 42 heavy (non-hydrogen) atoms. The first kappa shape index (κ1) is 34.0. The number of primary amides is 1. The Hall–Kier alpha value is -4.24. The van der Waals surface area contributed by atoms with Crippen molar-refractivity contribution < 1.29 is 39.0 Å². The highest BCUT2D eigenvalue weighted by Gasteiger charge is 2.37. The van der Waals surface area contributed by atoms with E-state index in [2.05, 4.69) is 16.0 Å². The number of phenolic OH excluding ortho intramolecular Hbond substituents is 1. The van der Waals surface area contributed by atoms with Crippen molar-refractivity contribution in [3.63, 3.8) is 0 Å². The lowest BCUT2D eigenvalue weighted by Gasteiger charge is -2.27. The van der Waals surface area contributed by atoms with E-state index in [-0.39, 0.29) is 44.4 Å². The number of aromatic hydroxyl groups is 1. The third kappa shape index (κ3) is 11.0. The number of unbranched alkanes of at least 4 members (excludes halogenated alkanes) is 1. The second-order valence-corrected chi connectivity index (χ2v) is 10.2. The monoisotopic (exact) mass is 591 g/mol. The molecule has 5 amide bonds. The zero-order valence-electron chi connectivity index (χ0n) is 23.4. The summed E-state index contributed by atoms with van der Waals surface area (Å²) in [5.74, 6) is -4.45. The van der Waals surface area contributed by atoms with Crippen LogP contribution in [0.15, 0.2) is 24.3 Å². The molecule has 0 aromatic heterocycles. The summed E-state index contributed by atoms with van der Waals surface area (Å²) in [6.45, 7) is 0.0183. The molecule has 4 atom stereocenters. The Bertz CT molecular complexity index is 1110. The van der Waals surface area contributed by atoms with Crippen molar-refractivity contribution in [2.45, 2.75) is 75.5 Å². The van der Waals surface area contributed by atoms with Gasteiger partial charge in [-0.25, -0.2) is 4.79 Å². The first-order valence-corrected chi connectivity index (χ1v) is 13.9. The van der Waals surface area contributed by atoms with Gasteiger partial charge in [0.15, 0.2) is 0 Å². The van der Waals surface area contributed by atoms with Gasteiger partial charge in [0, 0.05) is 13.0 Å². The van der Waals surface area contributed by atoms with E-state index in [9.17, 15) is 39.0 Å². The van der Waals surface area contributed by atoms with Crippen molar-refractivity contribution in [3.8, 4) is 5.75 Å². The van der Waals surface area contributed by atoms with Crippen molar-refractivity contribution in [1.82, 2.24) is 20.9 Å². The van der Waals surface area contributed by atoms with E-state index < -0.39 is 66.2 Å². The smallest absolute Gasteiger partial charge is 0.326 e. The Kier molecular flexibility index (Phi) is 13.7. The molecule has 1 saturated heterocycles. The lowest BCUT2D eigenvalue weighted by Crippen LogP contribution is -2.55. The van der Waals surface area contributed by atoms with Gasteiger partial charge in [0.25, 0.3) is 0 Å². The van der Waals surface area contributed by atoms with E-state index in [0.29, 0.717) is 31.4 Å². The summed E-state index contributed by atoms with van der Waals surface area (Å²) in [7, 11) is 0. The summed E-state index contributed by atoms with van der Waals surface area (Å²) in [5.41, 5.74) is 17.5. The Morgan fingerprint density at radius 1 is 0.976 bits per heavy atom. The van der Waals surface area contributed by atoms with Crippen LogP contribution in [-0.4, -0.2) is 94.4 Å². The summed E-state index contributed by atoms with van der Waals surface area (Å²) in [6, 6.07) is 1.92. The van der Waals surface area contributed by atoms with Gasteiger partial charge in [0.2, 0.25) is 29.5 Å². The van der Waals surface area contributed by atoms with Crippen LogP contribution in [0.1, 0.15) is 50.5 Å². The Balaban J connectivity index is 2.00. The molecule has 1 aromatic rings. The van der Waals surface area contributed by atoms with Crippen LogP contribution < -0.4 is 33.2 Å². The molecule has 15 nitrogen and oxygen atoms in total. The van der Waals surface area contributed by atoms with E-state index >= 15 is 0 Å². The number of carboxylic acids is 1. The molecule has 1 aliphatic heterocycles. The predicted molar refractivity (Wildman–Crippen MR) is 150 cm³/mol. The molecule has 1 aromatic carbocycles. The Morgan fingerprint density at radius 2 is 1.67 bits per heavy atom. The Morgan fingerprint density at radius 3 is 2.29 bits per heavy atom. The fourth-order valence-corrected chi connectivity index (χ4v) is 4.59. The number of nitrogens with one attached hydrogen (secondary N) is 3. The molecule has 1 heterocycles. The highest BCUT2D eigenvalue weighted by molar-refractivity contribution is 5.94. The molecule has 0 unspecified atom stereocenters. The number of hydrogen-bond acceptors (Lipinski definition) is 9. The molecular formula is C27H41N7O8. The zero-order valence-corrected chi connectivity index (χ0v) is 23.4. The maximum atomic E-state index is 13.1. The van der Waals surface area contributed by atoms with Gasteiger partial charge < -0.3 is 48.3 Å². The second-order valence-electron chi connectivity index (χ2n) is 10.2. The van der Waals surface area contributed by atoms with Crippen LogP contribution in [0.25, 0.3) is 0 Å². The average Bonchev–Trinajstić information content (AvgIpc) is 3.44. The number of carbonyl (C=O) groups excluding carboxylic acids is 5. The lowest BCUT2D eigenvalue weighted by molar-refractivity contribution is -0.149. The fraction of sp³-hybridized carbons (Fsp3) is 0.556. The number of phenols is 1. The van der Waals surface area contributed by atoms with Gasteiger partial charge in [0.1, 0.15) is 23.9 Å². The zero-order chi connectivity index (χ0) is 31.2. The highest BCUT2D eigenvalue weighted by atomic mass is 16.4. The normalized spacial score (nSPS) is 16.6. The summed E-state index contributed by atoms with van der Waals surface area (Å²) in [5, 5.41) is 26.3. The van der Waals surface area contributed by atoms with Crippen LogP contribution in [0.5, 0.6) is 5.75 Å². The maximum Gasteiger partial charge on any atom is 0.326 e. The average molecular weight is 592 g/mol. The van der Waals surface area contributed by atoms with E-state index in [4.69, 9.17) is 17.2 Å². The predicted octanol–water partition coefficient (Wildman–Crippen LogP) is -2.18. The summed E-state index contributed by atoms with van der Waals surface area (Å²) in [6.07, 6.45) is 1.87. The number of nitrogens with two attached hydrogens (primary N) is 3. The summed E-state index contributed by atoms with van der Waals surface area (Å²) >= 11 is 0. The van der Waals surface area contributed by atoms with Crippen molar-refractivity contribution in [2.24, 2.45) is 17.2 Å². The molecule has 1 aliphatic rings. The largest absolute Gasteiger partial charge is 0.508 e. The number of benzene rings is 1. The number of aliphatic carboxylic acids is 1. The van der Waals surface area contributed by atoms with E-state index in [1.165, 1.54) is 12.1 Å².